The fourth-order valence-electron chi connectivity index (χ4n) is 2.67. The van der Waals surface area contributed by atoms with Crippen LogP contribution < -0.4 is 10.2 Å². The number of anilines is 2. The number of carbonyl (C=O) groups is 1. The highest BCUT2D eigenvalue weighted by Crippen LogP contribution is 2.20. The predicted molar refractivity (Wildman–Crippen MR) is 102 cm³/mol. The average Bonchev–Trinajstić information content (AvgIpc) is 2.71. The van der Waals surface area contributed by atoms with Crippen LogP contribution in [0.2, 0.25) is 0 Å². The first kappa shape index (κ1) is 19.4. The molecule has 0 aliphatic carbocycles. The molecule has 1 heterocycles. The van der Waals surface area contributed by atoms with E-state index >= 15 is 0 Å². The van der Waals surface area contributed by atoms with Crippen molar-refractivity contribution < 1.29 is 18.0 Å². The van der Waals surface area contributed by atoms with Crippen molar-refractivity contribution in [2.45, 2.75) is 6.42 Å². The van der Waals surface area contributed by atoms with Gasteiger partial charge in [-0.15, -0.1) is 0 Å². The zero-order chi connectivity index (χ0) is 20.1. The molecule has 1 aromatic heterocycles. The second kappa shape index (κ2) is 8.56. The molecule has 0 atom stereocenters. The van der Waals surface area contributed by atoms with E-state index in [9.17, 15) is 18.0 Å². The van der Waals surface area contributed by atoms with Crippen LogP contribution in [0, 0.1) is 17.5 Å². The molecule has 28 heavy (non-hydrogen) atoms. The summed E-state index contributed by atoms with van der Waals surface area (Å²) in [6.07, 6.45) is 4.36. The zero-order valence-corrected chi connectivity index (χ0v) is 15.1. The summed E-state index contributed by atoms with van der Waals surface area (Å²) < 4.78 is 40.0. The third-order valence-electron chi connectivity index (χ3n) is 4.33. The van der Waals surface area contributed by atoms with Crippen molar-refractivity contribution in [3.63, 3.8) is 0 Å². The molecule has 2 aromatic carbocycles. The minimum atomic E-state index is -1.67. The molecule has 3 rings (SSSR count). The van der Waals surface area contributed by atoms with Gasteiger partial charge in [0.25, 0.3) is 5.91 Å². The van der Waals surface area contributed by atoms with Gasteiger partial charge in [-0.3, -0.25) is 9.78 Å². The van der Waals surface area contributed by atoms with Crippen LogP contribution in [0.3, 0.4) is 0 Å². The number of hydrogen-bond acceptors (Lipinski definition) is 3. The summed E-state index contributed by atoms with van der Waals surface area (Å²) in [7, 11) is 1.95. The van der Waals surface area contributed by atoms with Crippen molar-refractivity contribution in [2.24, 2.45) is 0 Å². The number of amides is 1. The number of halogens is 3. The van der Waals surface area contributed by atoms with E-state index in [1.165, 1.54) is 5.56 Å². The van der Waals surface area contributed by atoms with Crippen molar-refractivity contribution >= 4 is 17.3 Å². The van der Waals surface area contributed by atoms with Crippen molar-refractivity contribution in [3.05, 3.63) is 89.5 Å². The lowest BCUT2D eigenvalue weighted by Crippen LogP contribution is -2.20. The van der Waals surface area contributed by atoms with Crippen LogP contribution in [-0.4, -0.2) is 24.5 Å². The van der Waals surface area contributed by atoms with Gasteiger partial charge in [0.15, 0.2) is 17.5 Å². The van der Waals surface area contributed by atoms with E-state index < -0.39 is 28.9 Å². The molecule has 0 aliphatic rings. The first-order valence-corrected chi connectivity index (χ1v) is 8.60. The van der Waals surface area contributed by atoms with Crippen molar-refractivity contribution in [2.75, 3.05) is 23.8 Å². The molecule has 0 unspecified atom stereocenters. The van der Waals surface area contributed by atoms with E-state index in [-0.39, 0.29) is 0 Å². The lowest BCUT2D eigenvalue weighted by Gasteiger charge is -2.19. The van der Waals surface area contributed by atoms with E-state index in [1.807, 2.05) is 31.3 Å². The third-order valence-corrected chi connectivity index (χ3v) is 4.33. The van der Waals surface area contributed by atoms with Gasteiger partial charge in [0, 0.05) is 37.4 Å². The number of pyridine rings is 1. The van der Waals surface area contributed by atoms with E-state index in [0.717, 1.165) is 24.7 Å². The summed E-state index contributed by atoms with van der Waals surface area (Å²) in [5, 5.41) is 2.48. The maximum Gasteiger partial charge on any atom is 0.258 e. The highest BCUT2D eigenvalue weighted by atomic mass is 19.2. The van der Waals surface area contributed by atoms with Crippen molar-refractivity contribution in [1.82, 2.24) is 4.98 Å². The van der Waals surface area contributed by atoms with Crippen LogP contribution in [0.1, 0.15) is 15.9 Å². The predicted octanol–water partition coefficient (Wildman–Crippen LogP) is 4.43. The van der Waals surface area contributed by atoms with Crippen molar-refractivity contribution in [1.29, 1.82) is 0 Å². The zero-order valence-electron chi connectivity index (χ0n) is 15.1. The molecule has 0 fully saturated rings. The summed E-state index contributed by atoms with van der Waals surface area (Å²) in [5.74, 6) is -5.37. The van der Waals surface area contributed by atoms with Crippen LogP contribution in [0.5, 0.6) is 0 Å². The topological polar surface area (TPSA) is 45.2 Å². The molecule has 144 valence electrons. The quantitative estimate of drug-likeness (QED) is 0.639. The smallest absolute Gasteiger partial charge is 0.258 e. The molecule has 0 spiro atoms. The monoisotopic (exact) mass is 385 g/mol. The highest BCUT2D eigenvalue weighted by Gasteiger charge is 2.18. The Morgan fingerprint density at radius 2 is 1.64 bits per heavy atom. The molecule has 4 nitrogen and oxygen atoms in total. The molecule has 0 bridgehead atoms. The van der Waals surface area contributed by atoms with Crippen LogP contribution in [0.4, 0.5) is 24.5 Å². The number of benzene rings is 2. The number of aromatic nitrogens is 1. The van der Waals surface area contributed by atoms with Gasteiger partial charge >= 0.3 is 0 Å². The van der Waals surface area contributed by atoms with Crippen molar-refractivity contribution in [3.8, 4) is 0 Å². The molecule has 0 aliphatic heterocycles. The first-order valence-electron chi connectivity index (χ1n) is 8.60. The largest absolute Gasteiger partial charge is 0.374 e. The molecule has 1 amide bonds. The van der Waals surface area contributed by atoms with E-state index in [4.69, 9.17) is 0 Å². The maximum atomic E-state index is 13.7. The number of rotatable bonds is 6. The number of hydrogen-bond donors (Lipinski definition) is 1. The van der Waals surface area contributed by atoms with Crippen LogP contribution >= 0.6 is 0 Å². The van der Waals surface area contributed by atoms with E-state index in [0.29, 0.717) is 11.8 Å². The second-order valence-electron chi connectivity index (χ2n) is 6.25. The second-order valence-corrected chi connectivity index (χ2v) is 6.25. The average molecular weight is 385 g/mol. The number of nitrogens with zero attached hydrogens (tertiary/aromatic N) is 2. The summed E-state index contributed by atoms with van der Waals surface area (Å²) >= 11 is 0. The lowest BCUT2D eigenvalue weighted by molar-refractivity contribution is 0.102. The molecule has 0 saturated carbocycles. The number of carbonyl (C=O) groups excluding carboxylic acids is 1. The van der Waals surface area contributed by atoms with Crippen LogP contribution in [0.25, 0.3) is 0 Å². The molecule has 7 heteroatoms. The highest BCUT2D eigenvalue weighted by molar-refractivity contribution is 6.04. The SMILES string of the molecule is CN(CCc1ccncc1)c1ccc(NC(=O)c2ccc(F)c(F)c2F)cc1. The Kier molecular flexibility index (Phi) is 5.93. The Bertz CT molecular complexity index is 963. The summed E-state index contributed by atoms with van der Waals surface area (Å²) in [4.78, 5) is 18.2. The van der Waals surface area contributed by atoms with Gasteiger partial charge in [-0.1, -0.05) is 0 Å². The van der Waals surface area contributed by atoms with E-state index in [2.05, 4.69) is 15.2 Å². The third kappa shape index (κ3) is 4.49. The number of likely N-dealkylation sites (N-methyl/N-ethyl adjacent to an activating group) is 1. The summed E-state index contributed by atoms with van der Waals surface area (Å²) in [6, 6.07) is 12.5. The lowest BCUT2D eigenvalue weighted by atomic mass is 10.1. The Hall–Kier alpha value is -3.35. The molecule has 1 N–H and O–H groups in total. The molecule has 3 aromatic rings. The fraction of sp³-hybridized carbons (Fsp3) is 0.143. The number of nitrogens with one attached hydrogen (secondary N) is 1. The Morgan fingerprint density at radius 1 is 0.964 bits per heavy atom. The van der Waals surface area contributed by atoms with Gasteiger partial charge in [0.2, 0.25) is 0 Å². The Labute approximate surface area is 160 Å². The fourth-order valence-corrected chi connectivity index (χ4v) is 2.67. The maximum absolute atomic E-state index is 13.7. The first-order chi connectivity index (χ1) is 13.5. The molecular weight excluding hydrogens is 367 g/mol. The summed E-state index contributed by atoms with van der Waals surface area (Å²) in [5.41, 5.74) is 1.98. The minimum Gasteiger partial charge on any atom is -0.374 e. The van der Waals surface area contributed by atoms with Gasteiger partial charge in [0.05, 0.1) is 5.56 Å². The molecular formula is C21H18F3N3O. The van der Waals surface area contributed by atoms with Crippen LogP contribution in [0.15, 0.2) is 60.9 Å². The minimum absolute atomic E-state index is 0.417. The Morgan fingerprint density at radius 3 is 2.32 bits per heavy atom. The van der Waals surface area contributed by atoms with Gasteiger partial charge in [0.1, 0.15) is 0 Å². The molecule has 0 radical (unpaired) electrons. The summed E-state index contributed by atoms with van der Waals surface area (Å²) in [6.45, 7) is 0.787. The van der Waals surface area contributed by atoms with E-state index in [1.54, 1.807) is 24.5 Å². The van der Waals surface area contributed by atoms with Crippen LogP contribution in [-0.2, 0) is 6.42 Å². The standard InChI is InChI=1S/C21H18F3N3O/c1-27(13-10-14-8-11-25-12-9-14)16-4-2-15(3-5-16)26-21(28)17-6-7-18(22)20(24)19(17)23/h2-9,11-12H,10,13H2,1H3,(H,26,28). The normalized spacial score (nSPS) is 10.6. The molecule has 0 saturated heterocycles. The van der Waals surface area contributed by atoms with Gasteiger partial charge in [-0.05, 0) is 60.5 Å². The Balaban J connectivity index is 1.62. The van der Waals surface area contributed by atoms with Gasteiger partial charge in [-0.25, -0.2) is 13.2 Å². The van der Waals surface area contributed by atoms with Gasteiger partial charge < -0.3 is 10.2 Å². The van der Waals surface area contributed by atoms with Gasteiger partial charge in [-0.2, -0.15) is 0 Å².